The Morgan fingerprint density at radius 3 is 2.53 bits per heavy atom. The van der Waals surface area contributed by atoms with Gasteiger partial charge in [-0.1, -0.05) is 27.7 Å². The summed E-state index contributed by atoms with van der Waals surface area (Å²) in [6, 6.07) is 0.457. The van der Waals surface area contributed by atoms with Crippen molar-refractivity contribution in [2.75, 3.05) is 27.4 Å². The van der Waals surface area contributed by atoms with Gasteiger partial charge in [0.05, 0.1) is 24.7 Å². The van der Waals surface area contributed by atoms with E-state index in [1.165, 1.54) is 0 Å². The molecule has 7 heteroatoms. The number of ether oxygens (including phenoxy) is 3. The second-order valence-corrected chi connectivity index (χ2v) is 12.0. The van der Waals surface area contributed by atoms with Crippen LogP contribution >= 0.6 is 0 Å². The normalized spacial score (nSPS) is 38.4. The van der Waals surface area contributed by atoms with Crippen molar-refractivity contribution in [3.8, 4) is 0 Å². The third-order valence-corrected chi connectivity index (χ3v) is 8.85. The molecule has 0 saturated carbocycles. The van der Waals surface area contributed by atoms with Gasteiger partial charge >= 0.3 is 5.97 Å². The van der Waals surface area contributed by atoms with Crippen molar-refractivity contribution >= 4 is 11.8 Å². The summed E-state index contributed by atoms with van der Waals surface area (Å²) in [6.45, 7) is 12.2. The quantitative estimate of drug-likeness (QED) is 0.560. The monoisotopic (exact) mass is 481 g/mol. The maximum absolute atomic E-state index is 13.2. The SMILES string of the molecule is COCCC1CCC(C2CC3[C@H](C)C(=O)[C@H](CC(=O)O)CN3C(C(C)(C)C)C2)[C@@H](C(C)OC)O1. The lowest BCUT2D eigenvalue weighted by Crippen LogP contribution is -2.64. The van der Waals surface area contributed by atoms with Crippen LogP contribution in [0.2, 0.25) is 0 Å². The van der Waals surface area contributed by atoms with Gasteiger partial charge in [-0.25, -0.2) is 0 Å². The zero-order chi connectivity index (χ0) is 25.2. The maximum Gasteiger partial charge on any atom is 0.304 e. The molecule has 0 amide bonds. The second kappa shape index (κ2) is 11.4. The van der Waals surface area contributed by atoms with Crippen LogP contribution in [0.25, 0.3) is 0 Å². The standard InChI is InChI=1S/C27H47NO6/c1-16-22-12-18(21-9-8-20(10-11-32-6)34-26(21)17(2)33-7)13-23(27(3,4)5)28(22)15-19(25(16)31)14-24(29)30/h16-23,26H,8-15H2,1-7H3,(H,29,30)/t16-,17?,18?,19+,20?,21?,22?,23?,26+/m0/s1. The lowest BCUT2D eigenvalue weighted by Gasteiger charge is -2.57. The molecule has 0 spiro atoms. The van der Waals surface area contributed by atoms with Crippen LogP contribution in [0.1, 0.15) is 73.1 Å². The van der Waals surface area contributed by atoms with Gasteiger partial charge in [-0.15, -0.1) is 0 Å². The van der Waals surface area contributed by atoms with Crippen molar-refractivity contribution in [3.63, 3.8) is 0 Å². The predicted octanol–water partition coefficient (Wildman–Crippen LogP) is 4.03. The Bertz CT molecular complexity index is 706. The molecule has 7 nitrogen and oxygen atoms in total. The van der Waals surface area contributed by atoms with Gasteiger partial charge in [-0.05, 0) is 56.3 Å². The van der Waals surface area contributed by atoms with E-state index >= 15 is 0 Å². The van der Waals surface area contributed by atoms with Crippen LogP contribution in [0.15, 0.2) is 0 Å². The number of Topliss-reactive ketones (excluding diaryl/α,β-unsaturated/α-hetero) is 1. The fourth-order valence-electron chi connectivity index (χ4n) is 6.92. The highest BCUT2D eigenvalue weighted by Crippen LogP contribution is 2.48. The molecule has 34 heavy (non-hydrogen) atoms. The summed E-state index contributed by atoms with van der Waals surface area (Å²) in [5.41, 5.74) is 0.0314. The number of aliphatic carboxylic acids is 1. The lowest BCUT2D eigenvalue weighted by atomic mass is 9.64. The zero-order valence-electron chi connectivity index (χ0n) is 22.3. The van der Waals surface area contributed by atoms with Crippen LogP contribution in [0, 0.1) is 29.1 Å². The highest BCUT2D eigenvalue weighted by Gasteiger charge is 2.52. The van der Waals surface area contributed by atoms with Gasteiger partial charge < -0.3 is 19.3 Å². The van der Waals surface area contributed by atoms with Crippen molar-refractivity contribution in [1.29, 1.82) is 0 Å². The largest absolute Gasteiger partial charge is 0.481 e. The molecule has 6 unspecified atom stereocenters. The minimum atomic E-state index is -0.884. The van der Waals surface area contributed by atoms with Crippen molar-refractivity contribution in [2.45, 2.75) is 104 Å². The molecule has 0 bridgehead atoms. The molecule has 0 aliphatic carbocycles. The minimum Gasteiger partial charge on any atom is -0.481 e. The first-order chi connectivity index (χ1) is 16.0. The molecule has 1 N–H and O–H groups in total. The number of rotatable bonds is 8. The Balaban J connectivity index is 1.85. The molecule has 3 aliphatic heterocycles. The van der Waals surface area contributed by atoms with Crippen LogP contribution < -0.4 is 0 Å². The number of carbonyl (C=O) groups is 2. The van der Waals surface area contributed by atoms with E-state index in [1.807, 2.05) is 6.92 Å². The third kappa shape index (κ3) is 6.03. The molecule has 3 fully saturated rings. The molecule has 3 saturated heterocycles. The molecule has 0 aromatic carbocycles. The summed E-state index contributed by atoms with van der Waals surface area (Å²) in [5, 5.41) is 9.38. The third-order valence-electron chi connectivity index (χ3n) is 8.85. The first kappa shape index (κ1) is 27.6. The van der Waals surface area contributed by atoms with Gasteiger partial charge in [0.15, 0.2) is 0 Å². The fourth-order valence-corrected chi connectivity index (χ4v) is 6.92. The number of piperidine rings is 2. The second-order valence-electron chi connectivity index (χ2n) is 12.0. The van der Waals surface area contributed by atoms with Crippen molar-refractivity contribution in [1.82, 2.24) is 4.90 Å². The number of carboxylic acid groups (broad SMARTS) is 1. The molecule has 3 aliphatic rings. The van der Waals surface area contributed by atoms with Gasteiger partial charge in [0.2, 0.25) is 0 Å². The van der Waals surface area contributed by atoms with E-state index in [0.717, 1.165) is 32.1 Å². The van der Waals surface area contributed by atoms with E-state index in [-0.39, 0.29) is 47.9 Å². The van der Waals surface area contributed by atoms with Gasteiger partial charge in [0.25, 0.3) is 0 Å². The number of carboxylic acids is 1. The maximum atomic E-state index is 13.2. The Kier molecular flexibility index (Phi) is 9.21. The van der Waals surface area contributed by atoms with Crippen molar-refractivity contribution < 1.29 is 28.9 Å². The van der Waals surface area contributed by atoms with E-state index in [4.69, 9.17) is 14.2 Å². The molecular weight excluding hydrogens is 434 g/mol. The van der Waals surface area contributed by atoms with E-state index in [9.17, 15) is 14.7 Å². The number of nitrogens with zero attached hydrogens (tertiary/aromatic N) is 1. The Hall–Kier alpha value is -1.02. The van der Waals surface area contributed by atoms with Crippen LogP contribution in [0.3, 0.4) is 0 Å². The Morgan fingerprint density at radius 2 is 1.94 bits per heavy atom. The first-order valence-electron chi connectivity index (χ1n) is 13.2. The number of ketones is 1. The Morgan fingerprint density at radius 1 is 1.24 bits per heavy atom. The molecule has 196 valence electrons. The summed E-state index contributed by atoms with van der Waals surface area (Å²) in [7, 11) is 3.49. The highest BCUT2D eigenvalue weighted by molar-refractivity contribution is 5.88. The molecule has 3 rings (SSSR count). The molecule has 9 atom stereocenters. The van der Waals surface area contributed by atoms with Crippen LogP contribution in [0.5, 0.6) is 0 Å². The fraction of sp³-hybridized carbons (Fsp3) is 0.926. The van der Waals surface area contributed by atoms with Crippen molar-refractivity contribution in [2.24, 2.45) is 29.1 Å². The number of carbonyl (C=O) groups excluding carboxylic acids is 1. The predicted molar refractivity (Wildman–Crippen MR) is 131 cm³/mol. The smallest absolute Gasteiger partial charge is 0.304 e. The summed E-state index contributed by atoms with van der Waals surface area (Å²) < 4.78 is 17.7. The van der Waals surface area contributed by atoms with E-state index in [2.05, 4.69) is 32.6 Å². The van der Waals surface area contributed by atoms with Crippen LogP contribution in [-0.2, 0) is 23.8 Å². The summed E-state index contributed by atoms with van der Waals surface area (Å²) in [5.74, 6) is -0.486. The van der Waals surface area contributed by atoms with E-state index in [1.54, 1.807) is 14.2 Å². The number of methoxy groups -OCH3 is 2. The van der Waals surface area contributed by atoms with Crippen LogP contribution in [-0.4, -0.2) is 79.5 Å². The van der Waals surface area contributed by atoms with Gasteiger partial charge in [-0.3, -0.25) is 14.5 Å². The average Bonchev–Trinajstić information content (AvgIpc) is 2.78. The number of fused-ring (bicyclic) bond motifs is 1. The van der Waals surface area contributed by atoms with Gasteiger partial charge in [0.1, 0.15) is 5.78 Å². The van der Waals surface area contributed by atoms with E-state index in [0.29, 0.717) is 31.0 Å². The summed E-state index contributed by atoms with van der Waals surface area (Å²) in [4.78, 5) is 27.1. The number of hydrogen-bond acceptors (Lipinski definition) is 6. The first-order valence-corrected chi connectivity index (χ1v) is 13.2. The lowest BCUT2D eigenvalue weighted by molar-refractivity contribution is -0.170. The van der Waals surface area contributed by atoms with Crippen LogP contribution in [0.4, 0.5) is 0 Å². The average molecular weight is 482 g/mol. The molecule has 3 heterocycles. The van der Waals surface area contributed by atoms with Gasteiger partial charge in [0, 0.05) is 51.3 Å². The Labute approximate surface area is 205 Å². The molecule has 0 radical (unpaired) electrons. The summed E-state index contributed by atoms with van der Waals surface area (Å²) in [6.07, 6.45) is 5.21. The van der Waals surface area contributed by atoms with E-state index < -0.39 is 11.9 Å². The molecular formula is C27H47NO6. The highest BCUT2D eigenvalue weighted by atomic mass is 16.5. The topological polar surface area (TPSA) is 85.3 Å². The number of hydrogen-bond donors (Lipinski definition) is 1. The molecule has 0 aromatic heterocycles. The molecule has 0 aromatic rings. The van der Waals surface area contributed by atoms with Gasteiger partial charge in [-0.2, -0.15) is 0 Å². The zero-order valence-corrected chi connectivity index (χ0v) is 22.3. The summed E-state index contributed by atoms with van der Waals surface area (Å²) >= 11 is 0. The van der Waals surface area contributed by atoms with Crippen molar-refractivity contribution in [3.05, 3.63) is 0 Å². The minimum absolute atomic E-state index is 0.00631.